The van der Waals surface area contributed by atoms with Crippen LogP contribution in [0.2, 0.25) is 0 Å². The maximum Gasteiger partial charge on any atom is 0.0208 e. The van der Waals surface area contributed by atoms with Gasteiger partial charge < -0.3 is 5.32 Å². The minimum Gasteiger partial charge on any atom is -0.316 e. The predicted molar refractivity (Wildman–Crippen MR) is 55.3 cm³/mol. The van der Waals surface area contributed by atoms with Gasteiger partial charge in [0.25, 0.3) is 0 Å². The highest BCUT2D eigenvalue weighted by atomic mass is 35.5. The maximum absolute atomic E-state index is 5.67. The minimum atomic E-state index is 0.765. The largest absolute Gasteiger partial charge is 0.316 e. The van der Waals surface area contributed by atoms with Crippen molar-refractivity contribution in [2.24, 2.45) is 0 Å². The van der Waals surface area contributed by atoms with Gasteiger partial charge in [0.15, 0.2) is 0 Å². The van der Waals surface area contributed by atoms with Gasteiger partial charge in [-0.1, -0.05) is 24.3 Å². The van der Waals surface area contributed by atoms with Crippen molar-refractivity contribution in [3.63, 3.8) is 0 Å². The molecule has 0 radical (unpaired) electrons. The number of hydrogen-bond acceptors (Lipinski definition) is 1. The molecule has 0 rings (SSSR count). The van der Waals surface area contributed by atoms with E-state index in [-0.39, 0.29) is 0 Å². The van der Waals surface area contributed by atoms with Crippen molar-refractivity contribution in [1.29, 1.82) is 0 Å². The standard InChI is InChI=1S/C10H14ClN/c1-4-5-10(8-12-3)7-6-9(2)11/h5-7,12H,1,8H2,2-3H3. The smallest absolute Gasteiger partial charge is 0.0208 e. The molecule has 0 spiro atoms. The van der Waals surface area contributed by atoms with Crippen LogP contribution in [0, 0.1) is 0 Å². The quantitative estimate of drug-likeness (QED) is 0.522. The van der Waals surface area contributed by atoms with E-state index < -0.39 is 0 Å². The Morgan fingerprint density at radius 3 is 2.67 bits per heavy atom. The summed E-state index contributed by atoms with van der Waals surface area (Å²) in [5.41, 5.74) is 3.82. The Morgan fingerprint density at radius 2 is 2.25 bits per heavy atom. The van der Waals surface area contributed by atoms with Gasteiger partial charge in [0.1, 0.15) is 0 Å². The molecule has 0 aliphatic carbocycles. The molecule has 0 aromatic rings. The molecule has 0 aromatic carbocycles. The predicted octanol–water partition coefficient (Wildman–Crippen LogP) is 2.62. The molecular weight excluding hydrogens is 170 g/mol. The summed E-state index contributed by atoms with van der Waals surface area (Å²) >= 11 is 5.67. The van der Waals surface area contributed by atoms with E-state index >= 15 is 0 Å². The Kier molecular flexibility index (Phi) is 6.50. The number of likely N-dealkylation sites (N-methyl/N-ethyl adjacent to an activating group) is 1. The van der Waals surface area contributed by atoms with Gasteiger partial charge in [0.2, 0.25) is 0 Å². The highest BCUT2D eigenvalue weighted by Gasteiger charge is 1.86. The van der Waals surface area contributed by atoms with Crippen molar-refractivity contribution >= 4 is 11.6 Å². The van der Waals surface area contributed by atoms with E-state index in [1.165, 1.54) is 0 Å². The van der Waals surface area contributed by atoms with E-state index in [9.17, 15) is 0 Å². The molecule has 0 unspecified atom stereocenters. The van der Waals surface area contributed by atoms with Crippen molar-refractivity contribution in [1.82, 2.24) is 5.32 Å². The lowest BCUT2D eigenvalue weighted by Gasteiger charge is -1.96. The molecule has 0 aliphatic rings. The molecule has 0 heterocycles. The zero-order valence-corrected chi connectivity index (χ0v) is 8.28. The van der Waals surface area contributed by atoms with Gasteiger partial charge in [-0.25, -0.2) is 0 Å². The fourth-order valence-corrected chi connectivity index (χ4v) is 0.778. The van der Waals surface area contributed by atoms with E-state index in [0.717, 1.165) is 17.2 Å². The lowest BCUT2D eigenvalue weighted by atomic mass is 10.2. The number of allylic oxidation sites excluding steroid dienone is 3. The third-order valence-electron chi connectivity index (χ3n) is 1.20. The van der Waals surface area contributed by atoms with Crippen LogP contribution in [0.3, 0.4) is 0 Å². The van der Waals surface area contributed by atoms with E-state index in [1.54, 1.807) is 0 Å². The molecule has 12 heavy (non-hydrogen) atoms. The third-order valence-corrected chi connectivity index (χ3v) is 1.32. The van der Waals surface area contributed by atoms with Gasteiger partial charge in [-0.2, -0.15) is 0 Å². The second kappa shape index (κ2) is 6.93. The molecule has 1 N–H and O–H groups in total. The second-order valence-electron chi connectivity index (χ2n) is 2.37. The monoisotopic (exact) mass is 183 g/mol. The van der Waals surface area contributed by atoms with E-state index in [4.69, 9.17) is 11.6 Å². The van der Waals surface area contributed by atoms with Crippen molar-refractivity contribution in [3.05, 3.63) is 41.1 Å². The molecule has 66 valence electrons. The summed E-state index contributed by atoms with van der Waals surface area (Å²) in [6, 6.07) is 0. The number of halogens is 1. The van der Waals surface area contributed by atoms with Crippen molar-refractivity contribution in [3.8, 4) is 0 Å². The van der Waals surface area contributed by atoms with Gasteiger partial charge in [-0.3, -0.25) is 0 Å². The molecule has 0 saturated carbocycles. The molecule has 0 amide bonds. The molecule has 0 saturated heterocycles. The summed E-state index contributed by atoms with van der Waals surface area (Å²) in [6.07, 6.45) is 5.62. The van der Waals surface area contributed by atoms with Crippen LogP contribution in [0.1, 0.15) is 6.92 Å². The van der Waals surface area contributed by atoms with Crippen LogP contribution < -0.4 is 5.32 Å². The van der Waals surface area contributed by atoms with Crippen LogP contribution in [-0.4, -0.2) is 13.6 Å². The van der Waals surface area contributed by atoms with Gasteiger partial charge in [-0.05, 0) is 31.7 Å². The molecule has 0 aliphatic heterocycles. The SMILES string of the molecule is C=C=CC(=CC=C(C)Cl)CNC. The van der Waals surface area contributed by atoms with E-state index in [1.807, 2.05) is 32.2 Å². The molecular formula is C10H14ClN. The molecule has 1 nitrogen and oxygen atoms in total. The first-order valence-corrected chi connectivity index (χ1v) is 4.12. The highest BCUT2D eigenvalue weighted by Crippen LogP contribution is 2.01. The second-order valence-corrected chi connectivity index (χ2v) is 2.97. The fraction of sp³-hybridized carbons (Fsp3) is 0.300. The van der Waals surface area contributed by atoms with Gasteiger partial charge in [0, 0.05) is 11.6 Å². The zero-order valence-electron chi connectivity index (χ0n) is 7.52. The number of rotatable bonds is 4. The Balaban J connectivity index is 4.38. The van der Waals surface area contributed by atoms with Crippen molar-refractivity contribution < 1.29 is 0 Å². The molecule has 0 atom stereocenters. The summed E-state index contributed by atoms with van der Waals surface area (Å²) in [5, 5.41) is 3.80. The van der Waals surface area contributed by atoms with Crippen LogP contribution in [-0.2, 0) is 0 Å². The lowest BCUT2D eigenvalue weighted by molar-refractivity contribution is 0.896. The maximum atomic E-state index is 5.67. The molecule has 2 heteroatoms. The topological polar surface area (TPSA) is 12.0 Å². The Morgan fingerprint density at radius 1 is 1.58 bits per heavy atom. The summed E-state index contributed by atoms with van der Waals surface area (Å²) in [6.45, 7) is 6.14. The van der Waals surface area contributed by atoms with Crippen LogP contribution in [0.25, 0.3) is 0 Å². The normalized spacial score (nSPS) is 12.6. The average molecular weight is 184 g/mol. The summed E-state index contributed by atoms with van der Waals surface area (Å²) in [7, 11) is 1.89. The first-order valence-electron chi connectivity index (χ1n) is 3.74. The average Bonchev–Trinajstić information content (AvgIpc) is 2.01. The Bertz CT molecular complexity index is 228. The van der Waals surface area contributed by atoms with Crippen molar-refractivity contribution in [2.45, 2.75) is 6.92 Å². The van der Waals surface area contributed by atoms with Crippen LogP contribution in [0.4, 0.5) is 0 Å². The van der Waals surface area contributed by atoms with E-state index in [0.29, 0.717) is 0 Å². The minimum absolute atomic E-state index is 0.765. The van der Waals surface area contributed by atoms with Crippen molar-refractivity contribution in [2.75, 3.05) is 13.6 Å². The number of hydrogen-bond donors (Lipinski definition) is 1. The highest BCUT2D eigenvalue weighted by molar-refractivity contribution is 6.29. The Labute approximate surface area is 79.1 Å². The van der Waals surface area contributed by atoms with Gasteiger partial charge in [-0.15, -0.1) is 5.73 Å². The first-order chi connectivity index (χ1) is 5.70. The first kappa shape index (κ1) is 11.2. The summed E-state index contributed by atoms with van der Waals surface area (Å²) in [5.74, 6) is 0. The van der Waals surface area contributed by atoms with Crippen LogP contribution in [0.15, 0.2) is 41.1 Å². The Hall–Kier alpha value is -0.750. The molecule has 0 bridgehead atoms. The lowest BCUT2D eigenvalue weighted by Crippen LogP contribution is -2.08. The molecule has 0 aromatic heterocycles. The van der Waals surface area contributed by atoms with Crippen LogP contribution >= 0.6 is 11.6 Å². The summed E-state index contributed by atoms with van der Waals surface area (Å²) in [4.78, 5) is 0. The van der Waals surface area contributed by atoms with E-state index in [2.05, 4.69) is 17.6 Å². The molecule has 0 fully saturated rings. The number of nitrogens with one attached hydrogen (secondary N) is 1. The van der Waals surface area contributed by atoms with Gasteiger partial charge >= 0.3 is 0 Å². The summed E-state index contributed by atoms with van der Waals surface area (Å²) < 4.78 is 0. The van der Waals surface area contributed by atoms with Crippen LogP contribution in [0.5, 0.6) is 0 Å². The zero-order chi connectivity index (χ0) is 9.40. The third kappa shape index (κ3) is 5.99. The fourth-order valence-electron chi connectivity index (χ4n) is 0.715. The van der Waals surface area contributed by atoms with Gasteiger partial charge in [0.05, 0.1) is 0 Å².